The largest absolute Gasteiger partial charge is 0.349 e. The van der Waals surface area contributed by atoms with Gasteiger partial charge in [-0.15, -0.1) is 0 Å². The Bertz CT molecular complexity index is 472. The summed E-state index contributed by atoms with van der Waals surface area (Å²) in [7, 11) is -1.80. The number of nitrogens with zero attached hydrogens (tertiary/aromatic N) is 2. The number of nitrogens with two attached hydrogens (primary N) is 1. The summed E-state index contributed by atoms with van der Waals surface area (Å²) in [5.74, 6) is 0. The molecule has 18 heavy (non-hydrogen) atoms. The highest BCUT2D eigenvalue weighted by Gasteiger charge is 2.26. The molecule has 0 amide bonds. The molecule has 104 valence electrons. The van der Waals surface area contributed by atoms with Gasteiger partial charge >= 0.3 is 0 Å². The van der Waals surface area contributed by atoms with E-state index in [1.54, 1.807) is 19.3 Å². The molecule has 1 atom stereocenters. The summed E-state index contributed by atoms with van der Waals surface area (Å²) in [6.07, 6.45) is 2.45. The van der Waals surface area contributed by atoms with Crippen LogP contribution in [0.3, 0.4) is 0 Å². The van der Waals surface area contributed by atoms with Gasteiger partial charge in [0.05, 0.1) is 0 Å². The topological polar surface area (TPSA) is 68.3 Å². The van der Waals surface area contributed by atoms with E-state index in [1.165, 1.54) is 4.31 Å². The Morgan fingerprint density at radius 2 is 2.06 bits per heavy atom. The van der Waals surface area contributed by atoms with Crippen molar-refractivity contribution in [2.45, 2.75) is 51.2 Å². The highest BCUT2D eigenvalue weighted by molar-refractivity contribution is 7.89. The molecule has 0 bridgehead atoms. The summed E-state index contributed by atoms with van der Waals surface area (Å²) in [5, 5.41) is 0. The van der Waals surface area contributed by atoms with Crippen molar-refractivity contribution < 1.29 is 8.42 Å². The first-order valence-electron chi connectivity index (χ1n) is 6.25. The van der Waals surface area contributed by atoms with E-state index in [1.807, 2.05) is 25.3 Å². The van der Waals surface area contributed by atoms with Crippen LogP contribution in [0.15, 0.2) is 17.2 Å². The van der Waals surface area contributed by atoms with Crippen LogP contribution in [0.5, 0.6) is 0 Å². The lowest BCUT2D eigenvalue weighted by atomic mass is 10.3. The van der Waals surface area contributed by atoms with Crippen LogP contribution >= 0.6 is 0 Å². The smallest absolute Gasteiger partial charge is 0.244 e. The van der Waals surface area contributed by atoms with Crippen LogP contribution in [0.4, 0.5) is 0 Å². The summed E-state index contributed by atoms with van der Waals surface area (Å²) in [5.41, 5.74) is 6.46. The van der Waals surface area contributed by atoms with Crippen LogP contribution in [0.2, 0.25) is 0 Å². The molecule has 0 aliphatic carbocycles. The number of aryl methyl sites for hydroxylation is 1. The lowest BCUT2D eigenvalue weighted by Gasteiger charge is -2.22. The van der Waals surface area contributed by atoms with Crippen LogP contribution in [0, 0.1) is 0 Å². The quantitative estimate of drug-likeness (QED) is 0.851. The van der Waals surface area contributed by atoms with Crippen LogP contribution < -0.4 is 5.73 Å². The van der Waals surface area contributed by atoms with Gasteiger partial charge in [0.2, 0.25) is 10.0 Å². The van der Waals surface area contributed by atoms with E-state index < -0.39 is 10.0 Å². The molecule has 6 heteroatoms. The Balaban J connectivity index is 3.16. The molecule has 0 fully saturated rings. The Morgan fingerprint density at radius 3 is 2.44 bits per heavy atom. The molecule has 1 heterocycles. The van der Waals surface area contributed by atoms with Gasteiger partial charge in [-0.3, -0.25) is 0 Å². The van der Waals surface area contributed by atoms with Gasteiger partial charge in [-0.2, -0.15) is 4.31 Å². The van der Waals surface area contributed by atoms with E-state index in [0.29, 0.717) is 11.4 Å². The summed E-state index contributed by atoms with van der Waals surface area (Å²) in [6, 6.07) is 1.65. The molecule has 1 rings (SSSR count). The van der Waals surface area contributed by atoms with Crippen molar-refractivity contribution >= 4 is 10.0 Å². The molecule has 0 saturated carbocycles. The van der Waals surface area contributed by atoms with Gasteiger partial charge in [0.1, 0.15) is 4.90 Å². The Kier molecular flexibility index (Phi) is 4.95. The standard InChI is InChI=1S/C12H23N3O2S/c1-5-10(3)14(4)18(16,17)12-7-11(8-13)15(6-2)9-12/h7,9-10H,5-6,8,13H2,1-4H3. The van der Waals surface area contributed by atoms with Crippen molar-refractivity contribution in [1.82, 2.24) is 8.87 Å². The molecule has 0 aromatic carbocycles. The molecule has 0 aliphatic rings. The second kappa shape index (κ2) is 5.86. The summed E-state index contributed by atoms with van der Waals surface area (Å²) < 4.78 is 28.1. The maximum absolute atomic E-state index is 12.4. The third-order valence-corrected chi connectivity index (χ3v) is 5.34. The molecule has 2 N–H and O–H groups in total. The lowest BCUT2D eigenvalue weighted by Crippen LogP contribution is -2.34. The van der Waals surface area contributed by atoms with Crippen LogP contribution in [-0.4, -0.2) is 30.4 Å². The third-order valence-electron chi connectivity index (χ3n) is 3.40. The minimum atomic E-state index is -3.42. The van der Waals surface area contributed by atoms with Crippen molar-refractivity contribution in [3.05, 3.63) is 18.0 Å². The highest BCUT2D eigenvalue weighted by Crippen LogP contribution is 2.20. The SMILES string of the molecule is CCC(C)N(C)S(=O)(=O)c1cc(CN)n(CC)c1. The summed E-state index contributed by atoms with van der Waals surface area (Å²) >= 11 is 0. The van der Waals surface area contributed by atoms with E-state index >= 15 is 0 Å². The maximum Gasteiger partial charge on any atom is 0.244 e. The fraction of sp³-hybridized carbons (Fsp3) is 0.667. The van der Waals surface area contributed by atoms with Gasteiger partial charge < -0.3 is 10.3 Å². The predicted octanol–water partition coefficient (Wildman–Crippen LogP) is 1.39. The summed E-state index contributed by atoms with van der Waals surface area (Å²) in [6.45, 7) is 6.90. The van der Waals surface area contributed by atoms with Crippen LogP contribution in [0.25, 0.3) is 0 Å². The van der Waals surface area contributed by atoms with Crippen molar-refractivity contribution in [3.8, 4) is 0 Å². The van der Waals surface area contributed by atoms with E-state index in [9.17, 15) is 8.42 Å². The van der Waals surface area contributed by atoms with Gasteiger partial charge in [0, 0.05) is 38.1 Å². The monoisotopic (exact) mass is 273 g/mol. The Hall–Kier alpha value is -0.850. The minimum Gasteiger partial charge on any atom is -0.349 e. The molecular weight excluding hydrogens is 250 g/mol. The first-order chi connectivity index (χ1) is 8.38. The van der Waals surface area contributed by atoms with E-state index in [-0.39, 0.29) is 6.04 Å². The van der Waals surface area contributed by atoms with Gasteiger partial charge in [0.25, 0.3) is 0 Å². The normalized spacial score (nSPS) is 14.1. The molecule has 0 radical (unpaired) electrons. The van der Waals surface area contributed by atoms with E-state index in [4.69, 9.17) is 5.73 Å². The predicted molar refractivity (Wildman–Crippen MR) is 72.7 cm³/mol. The van der Waals surface area contributed by atoms with Crippen molar-refractivity contribution in [1.29, 1.82) is 0 Å². The molecule has 1 unspecified atom stereocenters. The number of aromatic nitrogens is 1. The number of sulfonamides is 1. The molecule has 1 aromatic rings. The summed E-state index contributed by atoms with van der Waals surface area (Å²) in [4.78, 5) is 0.326. The van der Waals surface area contributed by atoms with E-state index in [2.05, 4.69) is 0 Å². The first kappa shape index (κ1) is 15.2. The first-order valence-corrected chi connectivity index (χ1v) is 7.69. The number of hydrogen-bond acceptors (Lipinski definition) is 3. The second-order valence-corrected chi connectivity index (χ2v) is 6.43. The van der Waals surface area contributed by atoms with Crippen molar-refractivity contribution in [3.63, 3.8) is 0 Å². The average molecular weight is 273 g/mol. The third kappa shape index (κ3) is 2.76. The fourth-order valence-electron chi connectivity index (χ4n) is 1.79. The van der Waals surface area contributed by atoms with Gasteiger partial charge in [0.15, 0.2) is 0 Å². The van der Waals surface area contributed by atoms with Gasteiger partial charge in [-0.05, 0) is 26.3 Å². The molecule has 1 aromatic heterocycles. The van der Waals surface area contributed by atoms with Crippen molar-refractivity contribution in [2.75, 3.05) is 7.05 Å². The molecular formula is C12H23N3O2S. The lowest BCUT2D eigenvalue weighted by molar-refractivity contribution is 0.380. The molecule has 0 aliphatic heterocycles. The Labute approximate surface area is 110 Å². The number of hydrogen-bond donors (Lipinski definition) is 1. The molecule has 0 saturated heterocycles. The fourth-order valence-corrected chi connectivity index (χ4v) is 3.29. The van der Waals surface area contributed by atoms with Gasteiger partial charge in [-0.1, -0.05) is 6.92 Å². The van der Waals surface area contributed by atoms with Crippen LogP contribution in [0.1, 0.15) is 32.9 Å². The zero-order valence-corrected chi connectivity index (χ0v) is 12.4. The van der Waals surface area contributed by atoms with Gasteiger partial charge in [-0.25, -0.2) is 8.42 Å². The molecule has 5 nitrogen and oxygen atoms in total. The van der Waals surface area contributed by atoms with Crippen molar-refractivity contribution in [2.24, 2.45) is 5.73 Å². The van der Waals surface area contributed by atoms with E-state index in [0.717, 1.165) is 18.7 Å². The maximum atomic E-state index is 12.4. The molecule has 0 spiro atoms. The zero-order valence-electron chi connectivity index (χ0n) is 11.5. The zero-order chi connectivity index (χ0) is 13.9. The Morgan fingerprint density at radius 1 is 1.44 bits per heavy atom. The van der Waals surface area contributed by atoms with Crippen LogP contribution in [-0.2, 0) is 23.1 Å². The second-order valence-electron chi connectivity index (χ2n) is 4.44. The number of rotatable bonds is 6. The highest BCUT2D eigenvalue weighted by atomic mass is 32.2. The average Bonchev–Trinajstić information content (AvgIpc) is 2.80. The minimum absolute atomic E-state index is 0.0127.